The van der Waals surface area contributed by atoms with Crippen LogP contribution in [0, 0.1) is 0 Å². The zero-order valence-electron chi connectivity index (χ0n) is 21.1. The van der Waals surface area contributed by atoms with Crippen LogP contribution >= 0.6 is 11.6 Å². The van der Waals surface area contributed by atoms with Gasteiger partial charge in [0.2, 0.25) is 0 Å². The Hall–Kier alpha value is -2.06. The average Bonchev–Trinajstić information content (AvgIpc) is 3.42. The number of ether oxygens (including phenoxy) is 1. The molecule has 2 N–H and O–H groups in total. The van der Waals surface area contributed by atoms with Gasteiger partial charge in [0.05, 0.1) is 12.1 Å². The predicted molar refractivity (Wildman–Crippen MR) is 139 cm³/mol. The molecule has 1 aliphatic carbocycles. The van der Waals surface area contributed by atoms with E-state index < -0.39 is 12.1 Å². The Morgan fingerprint density at radius 1 is 1.08 bits per heavy atom. The first-order valence-corrected chi connectivity index (χ1v) is 12.9. The Labute approximate surface area is 244 Å². The molecule has 1 aliphatic heterocycles. The number of carboxylic acid groups (broad SMARTS) is 1. The molecule has 188 valence electrons. The standard InChI is InChI=1S/C29H31ClN2O4.Na/c30-22-5-3-4-20(14-22)28(33)18-31-23-8-6-19-7-9-24(16-21(19)15-23)36-25-10-11-27(26(17-25)29(34)35)32-12-1-2-13-32;/h3-5,7,9-11,14,16-17,23,28,31,33H,1-2,6,8,12-13,15,18H2,(H,34,35);/q;+1/p-1/t23-,28-;/m0./s1. The number of halogens is 1. The molecule has 8 heteroatoms. The van der Waals surface area contributed by atoms with Gasteiger partial charge in [0.15, 0.2) is 0 Å². The first-order valence-electron chi connectivity index (χ1n) is 12.5. The van der Waals surface area contributed by atoms with Gasteiger partial charge in [-0.3, -0.25) is 0 Å². The predicted octanol–water partition coefficient (Wildman–Crippen LogP) is 1.28. The molecule has 1 fully saturated rings. The molecule has 1 saturated heterocycles. The van der Waals surface area contributed by atoms with E-state index in [1.165, 1.54) is 11.1 Å². The first-order chi connectivity index (χ1) is 17.5. The van der Waals surface area contributed by atoms with E-state index in [-0.39, 0.29) is 41.2 Å². The molecule has 3 aromatic carbocycles. The molecule has 0 amide bonds. The maximum atomic E-state index is 11.8. The minimum Gasteiger partial charge on any atom is -0.545 e. The van der Waals surface area contributed by atoms with Crippen molar-refractivity contribution in [3.8, 4) is 11.5 Å². The van der Waals surface area contributed by atoms with Crippen LogP contribution in [-0.2, 0) is 12.8 Å². The Balaban J connectivity index is 0.00000320. The summed E-state index contributed by atoms with van der Waals surface area (Å²) in [4.78, 5) is 13.9. The van der Waals surface area contributed by atoms with Crippen LogP contribution < -0.4 is 49.6 Å². The van der Waals surface area contributed by atoms with Gasteiger partial charge in [0.1, 0.15) is 11.5 Å². The van der Waals surface area contributed by atoms with Gasteiger partial charge in [-0.15, -0.1) is 0 Å². The monoisotopic (exact) mass is 528 g/mol. The molecule has 0 saturated carbocycles. The molecule has 2 aliphatic rings. The molecule has 5 rings (SSSR count). The number of rotatable bonds is 8. The van der Waals surface area contributed by atoms with Crippen molar-refractivity contribution in [2.24, 2.45) is 0 Å². The van der Waals surface area contributed by atoms with Gasteiger partial charge < -0.3 is 30.0 Å². The first kappa shape index (κ1) is 28.0. The largest absolute Gasteiger partial charge is 1.00 e. The molecule has 3 aromatic rings. The second-order valence-corrected chi connectivity index (χ2v) is 10.0. The number of fused-ring (bicyclic) bond motifs is 1. The van der Waals surface area contributed by atoms with Gasteiger partial charge in [-0.2, -0.15) is 0 Å². The van der Waals surface area contributed by atoms with Gasteiger partial charge in [-0.05, 0) is 91.3 Å². The summed E-state index contributed by atoms with van der Waals surface area (Å²) < 4.78 is 6.07. The third-order valence-electron chi connectivity index (χ3n) is 7.11. The number of nitrogens with one attached hydrogen (secondary N) is 1. The quantitative estimate of drug-likeness (QED) is 0.429. The number of benzene rings is 3. The Morgan fingerprint density at radius 3 is 2.59 bits per heavy atom. The second kappa shape index (κ2) is 12.7. The number of nitrogens with zero attached hydrogens (tertiary/aromatic N) is 1. The third-order valence-corrected chi connectivity index (χ3v) is 7.34. The molecule has 0 radical (unpaired) electrons. The number of hydrogen-bond acceptors (Lipinski definition) is 6. The van der Waals surface area contributed by atoms with E-state index in [1.54, 1.807) is 18.2 Å². The molecule has 6 nitrogen and oxygen atoms in total. The summed E-state index contributed by atoms with van der Waals surface area (Å²) >= 11 is 6.05. The molecular weight excluding hydrogens is 499 g/mol. The summed E-state index contributed by atoms with van der Waals surface area (Å²) in [7, 11) is 0. The van der Waals surface area contributed by atoms with Crippen LogP contribution in [-0.4, -0.2) is 36.8 Å². The fourth-order valence-electron chi connectivity index (χ4n) is 5.19. The van der Waals surface area contributed by atoms with Gasteiger partial charge >= 0.3 is 29.6 Å². The molecule has 1 heterocycles. The van der Waals surface area contributed by atoms with Crippen molar-refractivity contribution >= 4 is 23.3 Å². The van der Waals surface area contributed by atoms with E-state index in [4.69, 9.17) is 16.3 Å². The van der Waals surface area contributed by atoms with Gasteiger partial charge in [0, 0.05) is 41.9 Å². The van der Waals surface area contributed by atoms with Crippen LogP contribution in [0.1, 0.15) is 52.4 Å². The maximum absolute atomic E-state index is 11.8. The minimum absolute atomic E-state index is 0. The van der Waals surface area contributed by atoms with Crippen LogP contribution in [0.3, 0.4) is 0 Å². The molecule has 37 heavy (non-hydrogen) atoms. The number of aromatic carboxylic acids is 1. The van der Waals surface area contributed by atoms with Crippen molar-refractivity contribution in [2.45, 2.75) is 44.2 Å². The Morgan fingerprint density at radius 2 is 1.84 bits per heavy atom. The summed E-state index contributed by atoms with van der Waals surface area (Å²) in [5, 5.41) is 26.4. The molecule has 0 spiro atoms. The molecule has 0 unspecified atom stereocenters. The van der Waals surface area contributed by atoms with E-state index in [0.717, 1.165) is 50.8 Å². The van der Waals surface area contributed by atoms with Crippen molar-refractivity contribution in [3.63, 3.8) is 0 Å². The van der Waals surface area contributed by atoms with Crippen molar-refractivity contribution in [1.82, 2.24) is 5.32 Å². The Kier molecular flexibility index (Phi) is 9.57. The molecule has 0 bridgehead atoms. The van der Waals surface area contributed by atoms with E-state index in [1.807, 2.05) is 36.4 Å². The molecular formula is C29H30ClN2NaO4. The summed E-state index contributed by atoms with van der Waals surface area (Å²) in [6.07, 6.45) is 4.26. The fourth-order valence-corrected chi connectivity index (χ4v) is 5.39. The summed E-state index contributed by atoms with van der Waals surface area (Å²) in [6.45, 7) is 2.17. The summed E-state index contributed by atoms with van der Waals surface area (Å²) in [5.41, 5.74) is 4.14. The van der Waals surface area contributed by atoms with Crippen LogP contribution in [0.5, 0.6) is 11.5 Å². The number of carboxylic acids is 1. The smallest absolute Gasteiger partial charge is 0.545 e. The van der Waals surface area contributed by atoms with Crippen molar-refractivity contribution < 1.29 is 49.3 Å². The zero-order chi connectivity index (χ0) is 25.1. The number of anilines is 1. The summed E-state index contributed by atoms with van der Waals surface area (Å²) in [6, 6.07) is 18.8. The van der Waals surface area contributed by atoms with E-state index >= 15 is 0 Å². The van der Waals surface area contributed by atoms with Gasteiger partial charge in [-0.25, -0.2) is 0 Å². The van der Waals surface area contributed by atoms with Crippen molar-refractivity contribution in [2.75, 3.05) is 24.5 Å². The number of aliphatic hydroxyl groups is 1. The number of carbonyl (C=O) groups is 1. The van der Waals surface area contributed by atoms with E-state index in [9.17, 15) is 15.0 Å². The Bertz CT molecular complexity index is 1250. The van der Waals surface area contributed by atoms with Gasteiger partial charge in [-0.1, -0.05) is 29.8 Å². The fraction of sp³-hybridized carbons (Fsp3) is 0.345. The zero-order valence-corrected chi connectivity index (χ0v) is 23.8. The number of hydrogen-bond donors (Lipinski definition) is 2. The number of aliphatic hydroxyl groups excluding tert-OH is 1. The normalized spacial score (nSPS) is 17.6. The van der Waals surface area contributed by atoms with E-state index in [0.29, 0.717) is 28.8 Å². The van der Waals surface area contributed by atoms with Crippen LogP contribution in [0.15, 0.2) is 60.7 Å². The summed E-state index contributed by atoms with van der Waals surface area (Å²) in [5.74, 6) is -0.0412. The van der Waals surface area contributed by atoms with Crippen molar-refractivity contribution in [3.05, 3.63) is 87.9 Å². The second-order valence-electron chi connectivity index (χ2n) is 9.61. The SMILES string of the molecule is O=C([O-])c1cc(Oc2ccc3c(c2)C[C@@H](NC[C@H](O)c2cccc(Cl)c2)CC3)ccc1N1CCCC1.[Na+]. The van der Waals surface area contributed by atoms with Crippen LogP contribution in [0.25, 0.3) is 0 Å². The average molecular weight is 529 g/mol. The minimum atomic E-state index is -1.19. The third kappa shape index (κ3) is 6.88. The molecule has 2 atom stereocenters. The van der Waals surface area contributed by atoms with E-state index in [2.05, 4.69) is 16.3 Å². The van der Waals surface area contributed by atoms with Crippen LogP contribution in [0.4, 0.5) is 5.69 Å². The maximum Gasteiger partial charge on any atom is 1.00 e. The molecule has 0 aromatic heterocycles. The topological polar surface area (TPSA) is 84.9 Å². The van der Waals surface area contributed by atoms with Gasteiger partial charge in [0.25, 0.3) is 0 Å². The van der Waals surface area contributed by atoms with Crippen molar-refractivity contribution in [1.29, 1.82) is 0 Å². The van der Waals surface area contributed by atoms with Crippen LogP contribution in [0.2, 0.25) is 5.02 Å². The number of carbonyl (C=O) groups excluding carboxylic acids is 1. The number of aryl methyl sites for hydroxylation is 1.